The number of alkyl carbamates (subject to hydrolysis) is 1. The lowest BCUT2D eigenvalue weighted by Gasteiger charge is -2.12. The Bertz CT molecular complexity index is 832. The molecule has 39 heavy (non-hydrogen) atoms. The second-order valence-corrected chi connectivity index (χ2v) is 9.93. The Labute approximate surface area is 229 Å². The lowest BCUT2D eigenvalue weighted by atomic mass is 10.0. The van der Waals surface area contributed by atoms with Crippen LogP contribution >= 0.6 is 0 Å². The normalized spacial score (nSPS) is 23.9. The number of amides is 3. The van der Waals surface area contributed by atoms with Gasteiger partial charge < -0.3 is 33.8 Å². The highest BCUT2D eigenvalue weighted by Crippen LogP contribution is 2.53. The van der Waals surface area contributed by atoms with Gasteiger partial charge >= 0.3 is 12.1 Å². The van der Waals surface area contributed by atoms with E-state index in [1.54, 1.807) is 0 Å². The van der Waals surface area contributed by atoms with E-state index in [9.17, 15) is 19.2 Å². The smallest absolute Gasteiger partial charge is 0.407 e. The summed E-state index contributed by atoms with van der Waals surface area (Å²) in [5, 5.41) is 3.24. The minimum atomic E-state index is -0.699. The highest BCUT2D eigenvalue weighted by molar-refractivity contribution is 6.01. The largest absolute Gasteiger partial charge is 0.449 e. The molecule has 0 spiro atoms. The van der Waals surface area contributed by atoms with Gasteiger partial charge in [0.1, 0.15) is 0 Å². The number of nitrogens with one attached hydrogen (secondary N) is 1. The molecule has 0 bridgehead atoms. The van der Waals surface area contributed by atoms with Crippen molar-refractivity contribution in [1.29, 1.82) is 0 Å². The van der Waals surface area contributed by atoms with Crippen LogP contribution in [-0.2, 0) is 42.9 Å². The Morgan fingerprint density at radius 1 is 0.846 bits per heavy atom. The summed E-state index contributed by atoms with van der Waals surface area (Å²) >= 11 is 0. The van der Waals surface area contributed by atoms with Gasteiger partial charge in [0.25, 0.3) is 11.8 Å². The van der Waals surface area contributed by atoms with E-state index in [0.717, 1.165) is 12.8 Å². The Morgan fingerprint density at radius 2 is 1.44 bits per heavy atom. The molecule has 1 saturated carbocycles. The third-order valence-electron chi connectivity index (χ3n) is 7.06. The van der Waals surface area contributed by atoms with Crippen LogP contribution < -0.4 is 5.32 Å². The van der Waals surface area contributed by atoms with Crippen molar-refractivity contribution in [1.82, 2.24) is 10.4 Å². The molecule has 0 aromatic heterocycles. The maximum Gasteiger partial charge on any atom is 0.407 e. The molecule has 12 heteroatoms. The van der Waals surface area contributed by atoms with Crippen molar-refractivity contribution in [2.75, 3.05) is 66.0 Å². The van der Waals surface area contributed by atoms with Crippen LogP contribution in [0, 0.1) is 17.8 Å². The van der Waals surface area contributed by atoms with E-state index in [-0.39, 0.29) is 38.6 Å². The lowest BCUT2D eigenvalue weighted by Crippen LogP contribution is -2.32. The molecule has 2 aliphatic carbocycles. The van der Waals surface area contributed by atoms with Crippen LogP contribution in [0.15, 0.2) is 11.6 Å². The molecule has 3 rings (SSSR count). The number of allylic oxidation sites excluding steroid dienone is 2. The van der Waals surface area contributed by atoms with Gasteiger partial charge in [-0.3, -0.25) is 9.59 Å². The minimum Gasteiger partial charge on any atom is -0.449 e. The molecule has 3 aliphatic rings. The molecule has 0 radical (unpaired) electrons. The summed E-state index contributed by atoms with van der Waals surface area (Å²) in [5.74, 6) is 0.204. The molecule has 1 saturated heterocycles. The highest BCUT2D eigenvalue weighted by Gasteiger charge is 2.49. The predicted molar refractivity (Wildman–Crippen MR) is 137 cm³/mol. The van der Waals surface area contributed by atoms with Gasteiger partial charge in [-0.15, -0.1) is 5.06 Å². The Morgan fingerprint density at radius 3 is 2.10 bits per heavy atom. The predicted octanol–water partition coefficient (Wildman–Crippen LogP) is 2.16. The monoisotopic (exact) mass is 554 g/mol. The van der Waals surface area contributed by atoms with E-state index in [1.165, 1.54) is 18.4 Å². The molecular weight excluding hydrogens is 512 g/mol. The van der Waals surface area contributed by atoms with Crippen LogP contribution in [0.3, 0.4) is 0 Å². The molecule has 1 N–H and O–H groups in total. The van der Waals surface area contributed by atoms with E-state index < -0.39 is 17.8 Å². The summed E-state index contributed by atoms with van der Waals surface area (Å²) in [5.41, 5.74) is 1.48. The van der Waals surface area contributed by atoms with Crippen LogP contribution in [0.2, 0.25) is 0 Å². The molecule has 0 aromatic rings. The number of hydrogen-bond donors (Lipinski definition) is 1. The van der Waals surface area contributed by atoms with Crippen LogP contribution in [0.25, 0.3) is 0 Å². The van der Waals surface area contributed by atoms with E-state index in [4.69, 9.17) is 28.5 Å². The number of hydrogen-bond acceptors (Lipinski definition) is 10. The minimum absolute atomic E-state index is 0.0611. The van der Waals surface area contributed by atoms with Gasteiger partial charge in [0.2, 0.25) is 0 Å². The highest BCUT2D eigenvalue weighted by atomic mass is 16.7. The van der Waals surface area contributed by atoms with Gasteiger partial charge in [0.05, 0.1) is 65.9 Å². The number of imide groups is 1. The summed E-state index contributed by atoms with van der Waals surface area (Å²) in [7, 11) is 0. The molecule has 3 atom stereocenters. The van der Waals surface area contributed by atoms with Crippen LogP contribution in [0.4, 0.5) is 4.79 Å². The van der Waals surface area contributed by atoms with Crippen molar-refractivity contribution >= 4 is 23.9 Å². The lowest BCUT2D eigenvalue weighted by molar-refractivity contribution is -0.198. The first-order valence-corrected chi connectivity index (χ1v) is 13.9. The second kappa shape index (κ2) is 17.2. The molecule has 220 valence electrons. The molecule has 3 amide bonds. The molecule has 0 aromatic carbocycles. The van der Waals surface area contributed by atoms with E-state index in [2.05, 4.69) is 18.3 Å². The fourth-order valence-electron chi connectivity index (χ4n) is 4.82. The fourth-order valence-corrected chi connectivity index (χ4v) is 4.82. The number of fused-ring (bicyclic) bond motifs is 1. The Balaban J connectivity index is 1.02. The van der Waals surface area contributed by atoms with Crippen molar-refractivity contribution in [3.05, 3.63) is 11.6 Å². The number of ether oxygens (including phenoxy) is 5. The van der Waals surface area contributed by atoms with Crippen molar-refractivity contribution in [3.63, 3.8) is 0 Å². The maximum absolute atomic E-state index is 11.9. The standard InChI is InChI=1S/C27H42N2O10/c1-20-3-2-4-21-22(6-5-20)23(21)19-38-27(33)28-10-12-35-14-16-37-18-17-36-15-13-34-11-9-26(32)39-29-24(30)7-8-25(29)31/h3,21-23H,2,4-19H2,1H3,(H,28,33)/b20-3+/t21-,22+,23?/m0/s1. The van der Waals surface area contributed by atoms with E-state index >= 15 is 0 Å². The van der Waals surface area contributed by atoms with Crippen LogP contribution in [0.5, 0.6) is 0 Å². The molecule has 12 nitrogen and oxygen atoms in total. The average molecular weight is 555 g/mol. The first kappa shape index (κ1) is 31.0. The summed E-state index contributed by atoms with van der Waals surface area (Å²) in [6, 6.07) is 0. The first-order chi connectivity index (χ1) is 19.0. The van der Waals surface area contributed by atoms with Crippen LogP contribution in [-0.4, -0.2) is 94.9 Å². The Kier molecular flexibility index (Phi) is 13.7. The molecule has 1 aliphatic heterocycles. The average Bonchev–Trinajstić information content (AvgIpc) is 3.47. The summed E-state index contributed by atoms with van der Waals surface area (Å²) in [6.07, 6.45) is 6.70. The molecule has 1 heterocycles. The molecule has 1 unspecified atom stereocenters. The summed E-state index contributed by atoms with van der Waals surface area (Å²) < 4.78 is 26.9. The number of carbonyl (C=O) groups is 4. The second-order valence-electron chi connectivity index (χ2n) is 9.93. The van der Waals surface area contributed by atoms with E-state index in [1.807, 2.05) is 0 Å². The third kappa shape index (κ3) is 11.6. The van der Waals surface area contributed by atoms with Crippen LogP contribution in [0.1, 0.15) is 51.9 Å². The Hall–Kier alpha value is -2.54. The van der Waals surface area contributed by atoms with Gasteiger partial charge in [-0.2, -0.15) is 0 Å². The van der Waals surface area contributed by atoms with Crippen molar-refractivity contribution in [3.8, 4) is 0 Å². The van der Waals surface area contributed by atoms with Gasteiger partial charge in [-0.1, -0.05) is 11.6 Å². The van der Waals surface area contributed by atoms with Crippen molar-refractivity contribution < 1.29 is 47.7 Å². The quantitative estimate of drug-likeness (QED) is 0.152. The summed E-state index contributed by atoms with van der Waals surface area (Å²) in [6.45, 7) is 5.78. The van der Waals surface area contributed by atoms with Crippen molar-refractivity contribution in [2.24, 2.45) is 17.8 Å². The van der Waals surface area contributed by atoms with E-state index in [0.29, 0.717) is 75.6 Å². The molecule has 2 fully saturated rings. The molecular formula is C27H42N2O10. The number of nitrogens with zero attached hydrogens (tertiary/aromatic N) is 1. The van der Waals surface area contributed by atoms with Crippen molar-refractivity contribution in [2.45, 2.75) is 51.9 Å². The first-order valence-electron chi connectivity index (χ1n) is 13.9. The fraction of sp³-hybridized carbons (Fsp3) is 0.778. The maximum atomic E-state index is 11.9. The van der Waals surface area contributed by atoms with Gasteiger partial charge in [0, 0.05) is 19.4 Å². The zero-order valence-electron chi connectivity index (χ0n) is 22.9. The van der Waals surface area contributed by atoms with Gasteiger partial charge in [0.15, 0.2) is 0 Å². The van der Waals surface area contributed by atoms with Gasteiger partial charge in [-0.05, 0) is 50.4 Å². The third-order valence-corrected chi connectivity index (χ3v) is 7.06. The zero-order valence-corrected chi connectivity index (χ0v) is 22.9. The topological polar surface area (TPSA) is 139 Å². The number of carbonyl (C=O) groups excluding carboxylic acids is 4. The van der Waals surface area contributed by atoms with Gasteiger partial charge in [-0.25, -0.2) is 9.59 Å². The zero-order chi connectivity index (χ0) is 27.9. The number of hydroxylamine groups is 2. The summed E-state index contributed by atoms with van der Waals surface area (Å²) in [4.78, 5) is 51.0. The number of rotatable bonds is 18. The SMILES string of the molecule is C/C1=C\CC[C@@H]2C(COC(=O)NCCOCCOCCOCCOCCC(=O)ON3C(=O)CCC3=O)[C@@H]2CC1.